The van der Waals surface area contributed by atoms with Gasteiger partial charge >= 0.3 is 0 Å². The minimum atomic E-state index is -3.02. The summed E-state index contributed by atoms with van der Waals surface area (Å²) in [6.07, 6.45) is 3.83. The van der Waals surface area contributed by atoms with Crippen molar-refractivity contribution in [3.8, 4) is 11.3 Å². The molecule has 0 saturated carbocycles. The highest BCUT2D eigenvalue weighted by Crippen LogP contribution is 2.29. The molecule has 4 aromatic rings. The number of nitrogens with one attached hydrogen (secondary N) is 2. The van der Waals surface area contributed by atoms with Crippen molar-refractivity contribution in [3.63, 3.8) is 0 Å². The first kappa shape index (κ1) is 25.0. The van der Waals surface area contributed by atoms with Gasteiger partial charge in [-0.1, -0.05) is 54.1 Å². The summed E-state index contributed by atoms with van der Waals surface area (Å²) in [5, 5.41) is 6.58. The smallest absolute Gasteiger partial charge is 0.291 e. The third-order valence-electron chi connectivity index (χ3n) is 5.37. The van der Waals surface area contributed by atoms with Crippen molar-refractivity contribution in [2.75, 3.05) is 5.32 Å². The summed E-state index contributed by atoms with van der Waals surface area (Å²) in [4.78, 5) is 21.3. The molecule has 0 saturated heterocycles. The molecule has 36 heavy (non-hydrogen) atoms. The van der Waals surface area contributed by atoms with Crippen LogP contribution in [0, 0.1) is 0 Å². The number of alkyl halides is 2. The highest BCUT2D eigenvalue weighted by Gasteiger charge is 2.27. The van der Waals surface area contributed by atoms with Crippen molar-refractivity contribution in [2.24, 2.45) is 0 Å². The van der Waals surface area contributed by atoms with Gasteiger partial charge in [-0.3, -0.25) is 4.79 Å². The summed E-state index contributed by atoms with van der Waals surface area (Å²) in [6, 6.07) is 21.9. The van der Waals surface area contributed by atoms with E-state index < -0.39 is 5.92 Å². The molecule has 0 unspecified atom stereocenters. The van der Waals surface area contributed by atoms with Crippen LogP contribution in [0.5, 0.6) is 0 Å². The standard InChI is InChI=1S/C28H23ClF2N4O/c1-2-16-28(30,31)22-9-3-19(4-10-22)18-33-26(36)21-7-13-24(14-8-21)34-27-32-17-15-25(35-27)20-5-11-23(29)12-6-20/h2-17H,18H2,1H3,(H,33,36)(H,32,34,35)/b16-2+. The Morgan fingerprint density at radius 2 is 1.67 bits per heavy atom. The molecule has 2 N–H and O–H groups in total. The zero-order valence-electron chi connectivity index (χ0n) is 19.4. The van der Waals surface area contributed by atoms with E-state index in [2.05, 4.69) is 20.6 Å². The maximum absolute atomic E-state index is 13.9. The summed E-state index contributed by atoms with van der Waals surface area (Å²) in [7, 11) is 0. The molecule has 1 heterocycles. The second-order valence-electron chi connectivity index (χ2n) is 7.98. The van der Waals surface area contributed by atoms with Crippen molar-refractivity contribution in [2.45, 2.75) is 19.4 Å². The van der Waals surface area contributed by atoms with Gasteiger partial charge < -0.3 is 10.6 Å². The molecule has 0 radical (unpaired) electrons. The highest BCUT2D eigenvalue weighted by atomic mass is 35.5. The lowest BCUT2D eigenvalue weighted by atomic mass is 10.1. The second-order valence-corrected chi connectivity index (χ2v) is 8.41. The Kier molecular flexibility index (Phi) is 7.71. The second kappa shape index (κ2) is 11.1. The predicted octanol–water partition coefficient (Wildman–Crippen LogP) is 7.14. The first-order valence-electron chi connectivity index (χ1n) is 11.2. The van der Waals surface area contributed by atoms with E-state index in [0.29, 0.717) is 16.5 Å². The van der Waals surface area contributed by atoms with Crippen LogP contribution in [0.4, 0.5) is 20.4 Å². The van der Waals surface area contributed by atoms with Gasteiger partial charge in [0.15, 0.2) is 0 Å². The van der Waals surface area contributed by atoms with Crippen LogP contribution in [0.25, 0.3) is 11.3 Å². The number of aromatic nitrogens is 2. The van der Waals surface area contributed by atoms with Gasteiger partial charge in [0.2, 0.25) is 5.95 Å². The Labute approximate surface area is 212 Å². The minimum absolute atomic E-state index is 0.0959. The van der Waals surface area contributed by atoms with E-state index in [1.807, 2.05) is 18.2 Å². The first-order chi connectivity index (χ1) is 17.3. The molecule has 0 aliphatic carbocycles. The fourth-order valence-corrected chi connectivity index (χ4v) is 3.60. The molecule has 1 aromatic heterocycles. The highest BCUT2D eigenvalue weighted by molar-refractivity contribution is 6.30. The molecule has 5 nitrogen and oxygen atoms in total. The van der Waals surface area contributed by atoms with E-state index in [9.17, 15) is 13.6 Å². The number of carbonyl (C=O) groups excluding carboxylic acids is 1. The minimum Gasteiger partial charge on any atom is -0.348 e. The molecule has 3 aromatic carbocycles. The Morgan fingerprint density at radius 1 is 0.972 bits per heavy atom. The van der Waals surface area contributed by atoms with Crippen LogP contribution in [-0.4, -0.2) is 15.9 Å². The average Bonchev–Trinajstić information content (AvgIpc) is 2.88. The fourth-order valence-electron chi connectivity index (χ4n) is 3.47. The van der Waals surface area contributed by atoms with Crippen molar-refractivity contribution >= 4 is 29.1 Å². The Balaban J connectivity index is 1.35. The van der Waals surface area contributed by atoms with Crippen LogP contribution >= 0.6 is 11.6 Å². The number of carbonyl (C=O) groups is 1. The lowest BCUT2D eigenvalue weighted by Gasteiger charge is -2.13. The van der Waals surface area contributed by atoms with Gasteiger partial charge in [-0.25, -0.2) is 9.97 Å². The monoisotopic (exact) mass is 504 g/mol. The fraction of sp³-hybridized carbons (Fsp3) is 0.107. The van der Waals surface area contributed by atoms with Crippen LogP contribution in [0.3, 0.4) is 0 Å². The van der Waals surface area contributed by atoms with Crippen LogP contribution in [-0.2, 0) is 12.5 Å². The number of benzene rings is 3. The summed E-state index contributed by atoms with van der Waals surface area (Å²) < 4.78 is 27.9. The normalized spacial score (nSPS) is 11.4. The van der Waals surface area contributed by atoms with Gasteiger partial charge in [-0.15, -0.1) is 0 Å². The zero-order valence-corrected chi connectivity index (χ0v) is 20.1. The number of anilines is 2. The molecule has 182 valence electrons. The lowest BCUT2D eigenvalue weighted by molar-refractivity contribution is 0.0519. The maximum Gasteiger partial charge on any atom is 0.291 e. The van der Waals surface area contributed by atoms with Gasteiger partial charge in [-0.05, 0) is 61.0 Å². The van der Waals surface area contributed by atoms with Crippen LogP contribution < -0.4 is 10.6 Å². The van der Waals surface area contributed by atoms with Gasteiger partial charge in [-0.2, -0.15) is 8.78 Å². The topological polar surface area (TPSA) is 66.9 Å². The Bertz CT molecular complexity index is 1360. The Morgan fingerprint density at radius 3 is 2.33 bits per heavy atom. The predicted molar refractivity (Wildman–Crippen MR) is 139 cm³/mol. The largest absolute Gasteiger partial charge is 0.348 e. The Hall–Kier alpha value is -4.10. The van der Waals surface area contributed by atoms with Crippen molar-refractivity contribution < 1.29 is 13.6 Å². The number of hydrogen-bond acceptors (Lipinski definition) is 4. The number of hydrogen-bond donors (Lipinski definition) is 2. The lowest BCUT2D eigenvalue weighted by Crippen LogP contribution is -2.22. The first-order valence-corrected chi connectivity index (χ1v) is 11.6. The molecule has 0 fully saturated rings. The van der Waals surface area contributed by atoms with Gasteiger partial charge in [0, 0.05) is 40.1 Å². The molecular formula is C28H23ClF2N4O. The van der Waals surface area contributed by atoms with Crippen LogP contribution in [0.1, 0.15) is 28.4 Å². The maximum atomic E-state index is 13.9. The SMILES string of the molecule is C/C=C/C(F)(F)c1ccc(CNC(=O)c2ccc(Nc3nccc(-c4ccc(Cl)cc4)n3)cc2)cc1. The summed E-state index contributed by atoms with van der Waals surface area (Å²) in [6.45, 7) is 1.77. The van der Waals surface area contributed by atoms with Gasteiger partial charge in [0.25, 0.3) is 11.8 Å². The number of allylic oxidation sites excluding steroid dienone is 2. The quantitative estimate of drug-likeness (QED) is 0.250. The third kappa shape index (κ3) is 6.31. The van der Waals surface area contributed by atoms with E-state index in [-0.39, 0.29) is 18.0 Å². The number of halogens is 3. The van der Waals surface area contributed by atoms with E-state index in [4.69, 9.17) is 11.6 Å². The van der Waals surface area contributed by atoms with E-state index in [0.717, 1.165) is 28.6 Å². The molecule has 0 atom stereocenters. The molecule has 0 aliphatic rings. The van der Waals surface area contributed by atoms with Gasteiger partial charge in [0.1, 0.15) is 0 Å². The zero-order chi connectivity index (χ0) is 25.5. The summed E-state index contributed by atoms with van der Waals surface area (Å²) >= 11 is 5.95. The molecule has 1 amide bonds. The number of rotatable bonds is 8. The van der Waals surface area contributed by atoms with E-state index in [1.165, 1.54) is 18.2 Å². The third-order valence-corrected chi connectivity index (χ3v) is 5.62. The molecule has 0 spiro atoms. The van der Waals surface area contributed by atoms with Crippen LogP contribution in [0.15, 0.2) is 97.2 Å². The van der Waals surface area contributed by atoms with Crippen molar-refractivity contribution in [1.29, 1.82) is 0 Å². The molecule has 0 bridgehead atoms. The average molecular weight is 505 g/mol. The van der Waals surface area contributed by atoms with E-state index >= 15 is 0 Å². The van der Waals surface area contributed by atoms with Crippen molar-refractivity contribution in [1.82, 2.24) is 15.3 Å². The summed E-state index contributed by atoms with van der Waals surface area (Å²) in [5.41, 5.74) is 3.47. The van der Waals surface area contributed by atoms with E-state index in [1.54, 1.807) is 61.7 Å². The van der Waals surface area contributed by atoms with Crippen LogP contribution in [0.2, 0.25) is 5.02 Å². The molecule has 8 heteroatoms. The van der Waals surface area contributed by atoms with Crippen molar-refractivity contribution in [3.05, 3.63) is 119 Å². The van der Waals surface area contributed by atoms with Gasteiger partial charge in [0.05, 0.1) is 5.69 Å². The molecule has 4 rings (SSSR count). The number of nitrogens with zero attached hydrogens (tertiary/aromatic N) is 2. The number of amides is 1. The molecular weight excluding hydrogens is 482 g/mol. The molecule has 0 aliphatic heterocycles. The summed E-state index contributed by atoms with van der Waals surface area (Å²) in [5.74, 6) is -2.87.